The van der Waals surface area contributed by atoms with Gasteiger partial charge in [0.25, 0.3) is 5.91 Å². The van der Waals surface area contributed by atoms with Crippen molar-refractivity contribution >= 4 is 75.2 Å². The van der Waals surface area contributed by atoms with E-state index in [1.165, 1.54) is 51.9 Å². The average Bonchev–Trinajstić information content (AvgIpc) is 3.08. The monoisotopic (exact) mass is 722 g/mol. The van der Waals surface area contributed by atoms with Gasteiger partial charge in [0.2, 0.25) is 5.91 Å². The molecular formula is C33H34N6O5S4. The number of carbonyl (C=O) groups is 3. The Kier molecular flexibility index (Phi) is 12.0. The van der Waals surface area contributed by atoms with Gasteiger partial charge < -0.3 is 26.3 Å². The number of ether oxygens (including phenoxy) is 2. The molecule has 2 aliphatic rings. The van der Waals surface area contributed by atoms with Crippen LogP contribution in [0.25, 0.3) is 0 Å². The number of carbonyl (C=O) groups excluding carboxylic acids is 3. The Balaban J connectivity index is 1.41. The van der Waals surface area contributed by atoms with Gasteiger partial charge >= 0.3 is 5.97 Å². The van der Waals surface area contributed by atoms with Gasteiger partial charge in [0, 0.05) is 27.1 Å². The third-order valence-corrected chi connectivity index (χ3v) is 11.5. The highest BCUT2D eigenvalue weighted by molar-refractivity contribution is 8.13. The Bertz CT molecular complexity index is 1740. The molecule has 3 aromatic rings. The van der Waals surface area contributed by atoms with Crippen molar-refractivity contribution in [3.63, 3.8) is 0 Å². The first-order chi connectivity index (χ1) is 23.1. The molecule has 5 rings (SSSR count). The highest BCUT2D eigenvalue weighted by Crippen LogP contribution is 2.46. The fraction of sp³-hybridized carbons (Fsp3) is 0.242. The predicted octanol–water partition coefficient (Wildman–Crippen LogP) is 4.64. The van der Waals surface area contributed by atoms with Crippen LogP contribution in [0.1, 0.15) is 22.3 Å². The zero-order valence-corrected chi connectivity index (χ0v) is 29.2. The lowest BCUT2D eigenvalue weighted by Gasteiger charge is -2.49. The molecule has 0 radical (unpaired) electrons. The number of hydrogen-bond acceptors (Lipinski definition) is 11. The molecule has 2 atom stereocenters. The third kappa shape index (κ3) is 8.89. The number of amides is 2. The Labute approximate surface area is 295 Å². The van der Waals surface area contributed by atoms with Gasteiger partial charge in [-0.3, -0.25) is 25.3 Å². The minimum Gasteiger partial charge on any atom is -0.497 e. The summed E-state index contributed by atoms with van der Waals surface area (Å²) < 4.78 is 11.0. The topological polar surface area (TPSA) is 185 Å². The van der Waals surface area contributed by atoms with Crippen molar-refractivity contribution in [2.75, 3.05) is 12.9 Å². The van der Waals surface area contributed by atoms with E-state index < -0.39 is 17.4 Å². The smallest absolute Gasteiger partial charge is 0.356 e. The van der Waals surface area contributed by atoms with Gasteiger partial charge in [0.1, 0.15) is 29.5 Å². The molecule has 0 unspecified atom stereocenters. The van der Waals surface area contributed by atoms with Gasteiger partial charge in [-0.2, -0.15) is 0 Å². The van der Waals surface area contributed by atoms with Crippen LogP contribution in [0.5, 0.6) is 5.75 Å². The number of nitrogens with one attached hydrogen (secondary N) is 3. The van der Waals surface area contributed by atoms with E-state index in [0.29, 0.717) is 27.9 Å². The van der Waals surface area contributed by atoms with Crippen LogP contribution in [0.4, 0.5) is 0 Å². The Morgan fingerprint density at radius 1 is 0.958 bits per heavy atom. The quantitative estimate of drug-likeness (QED) is 0.0717. The molecule has 250 valence electrons. The van der Waals surface area contributed by atoms with Crippen LogP contribution in [-0.2, 0) is 43.7 Å². The summed E-state index contributed by atoms with van der Waals surface area (Å²) in [5.41, 5.74) is 14.8. The van der Waals surface area contributed by atoms with E-state index in [2.05, 4.69) is 5.32 Å². The highest BCUT2D eigenvalue weighted by atomic mass is 32.2. The molecule has 2 aliphatic heterocycles. The average molecular weight is 723 g/mol. The molecule has 48 heavy (non-hydrogen) atoms. The molecule has 3 aromatic carbocycles. The molecule has 0 saturated carbocycles. The maximum atomic E-state index is 13.8. The molecule has 0 bridgehead atoms. The number of amidine groups is 2. The molecule has 11 nitrogen and oxygen atoms in total. The number of benzene rings is 3. The molecular weight excluding hydrogens is 689 g/mol. The number of methoxy groups -OCH3 is 1. The van der Waals surface area contributed by atoms with E-state index in [-0.39, 0.29) is 40.9 Å². The molecule has 0 aromatic heterocycles. The van der Waals surface area contributed by atoms with Crippen molar-refractivity contribution in [3.05, 3.63) is 106 Å². The molecule has 0 aliphatic carbocycles. The van der Waals surface area contributed by atoms with Gasteiger partial charge in [-0.05, 0) is 40.5 Å². The van der Waals surface area contributed by atoms with Crippen molar-refractivity contribution in [1.29, 1.82) is 10.8 Å². The molecule has 2 heterocycles. The normalized spacial score (nSPS) is 16.9. The lowest BCUT2D eigenvalue weighted by molar-refractivity contribution is -0.153. The number of nitrogens with two attached hydrogens (primary N) is 2. The van der Waals surface area contributed by atoms with Crippen LogP contribution in [0.2, 0.25) is 0 Å². The summed E-state index contributed by atoms with van der Waals surface area (Å²) in [6.07, 6.45) is 0.137. The summed E-state index contributed by atoms with van der Waals surface area (Å²) >= 11 is 5.21. The van der Waals surface area contributed by atoms with Crippen LogP contribution in [0.15, 0.2) is 88.3 Å². The van der Waals surface area contributed by atoms with Crippen LogP contribution in [0.3, 0.4) is 0 Å². The van der Waals surface area contributed by atoms with Gasteiger partial charge in [-0.1, -0.05) is 89.9 Å². The van der Waals surface area contributed by atoms with Crippen molar-refractivity contribution in [1.82, 2.24) is 10.2 Å². The zero-order valence-electron chi connectivity index (χ0n) is 25.9. The van der Waals surface area contributed by atoms with Crippen LogP contribution in [-0.4, -0.2) is 57.3 Å². The first-order valence-electron chi connectivity index (χ1n) is 14.7. The van der Waals surface area contributed by atoms with Gasteiger partial charge in [0.15, 0.2) is 10.3 Å². The summed E-state index contributed by atoms with van der Waals surface area (Å²) in [5.74, 6) is 0.689. The van der Waals surface area contributed by atoms with Gasteiger partial charge in [0.05, 0.1) is 13.5 Å². The largest absolute Gasteiger partial charge is 0.497 e. The summed E-state index contributed by atoms with van der Waals surface area (Å²) in [7, 11) is 1.57. The van der Waals surface area contributed by atoms with Crippen molar-refractivity contribution in [2.45, 2.75) is 40.8 Å². The maximum absolute atomic E-state index is 13.8. The summed E-state index contributed by atoms with van der Waals surface area (Å²) in [4.78, 5) is 43.2. The van der Waals surface area contributed by atoms with Crippen molar-refractivity contribution in [2.24, 2.45) is 11.5 Å². The number of β-lactam (4-membered cyclic amide) rings is 1. The summed E-state index contributed by atoms with van der Waals surface area (Å²) in [6.45, 7) is -0.00956. The van der Waals surface area contributed by atoms with E-state index in [4.69, 9.17) is 31.8 Å². The summed E-state index contributed by atoms with van der Waals surface area (Å²) in [5, 5.41) is 17.7. The zero-order chi connectivity index (χ0) is 34.2. The van der Waals surface area contributed by atoms with E-state index in [1.54, 1.807) is 31.4 Å². The number of nitrogens with zero attached hydrogens (tertiary/aromatic N) is 1. The molecule has 15 heteroatoms. The second-order valence-electron chi connectivity index (χ2n) is 10.7. The third-order valence-electron chi connectivity index (χ3n) is 7.32. The Hall–Kier alpha value is -4.05. The van der Waals surface area contributed by atoms with Crippen LogP contribution < -0.4 is 21.5 Å². The highest BCUT2D eigenvalue weighted by Gasteiger charge is 2.54. The SMILES string of the molecule is COc1ccc(COC(=O)C2=C(Sc3ccc(CSC(=N)N)cc3CSC(=N)N)CS[C@@H]3[C@H](NC(=O)Cc4ccccc4)C(=O)N23)cc1. The lowest BCUT2D eigenvalue weighted by atomic mass is 10.0. The standard InChI is InChI=1S/C33H34N6O5S4/c1-43-23-10-7-20(8-11-23)15-44-31(42)28-25(48-24-12-9-21(16-46-32(34)35)13-22(24)17-47-33(36)37)18-45-30-27(29(41)39(28)30)38-26(40)14-19-5-3-2-4-6-19/h2-13,27,30H,14-18H2,1H3,(H3,34,35)(H3,36,37)(H,38,40)/t27-,30-/m1/s1. The Morgan fingerprint density at radius 2 is 1.65 bits per heavy atom. The van der Waals surface area contributed by atoms with Gasteiger partial charge in [-0.25, -0.2) is 4.79 Å². The molecule has 1 saturated heterocycles. The minimum absolute atomic E-state index is 0.00956. The fourth-order valence-electron chi connectivity index (χ4n) is 4.99. The first-order valence-corrected chi connectivity index (χ1v) is 18.5. The van der Waals surface area contributed by atoms with E-state index in [0.717, 1.165) is 27.1 Å². The number of esters is 1. The number of fused-ring (bicyclic) bond motifs is 1. The number of rotatable bonds is 13. The minimum atomic E-state index is -0.775. The fourth-order valence-corrected chi connectivity index (χ4v) is 8.71. The van der Waals surface area contributed by atoms with E-state index in [9.17, 15) is 14.4 Å². The second-order valence-corrected chi connectivity index (χ2v) is 14.9. The van der Waals surface area contributed by atoms with Crippen LogP contribution >= 0.6 is 47.0 Å². The number of hydrogen-bond donors (Lipinski definition) is 5. The molecule has 0 spiro atoms. The lowest BCUT2D eigenvalue weighted by Crippen LogP contribution is -2.70. The summed E-state index contributed by atoms with van der Waals surface area (Å²) in [6, 6.07) is 21.5. The first kappa shape index (κ1) is 35.3. The number of thioether (sulfide) groups is 4. The molecule has 2 amide bonds. The molecule has 1 fully saturated rings. The Morgan fingerprint density at radius 3 is 2.33 bits per heavy atom. The van der Waals surface area contributed by atoms with E-state index >= 15 is 0 Å². The molecule has 7 N–H and O–H groups in total. The van der Waals surface area contributed by atoms with Crippen molar-refractivity contribution in [3.8, 4) is 5.75 Å². The van der Waals surface area contributed by atoms with Crippen molar-refractivity contribution < 1.29 is 23.9 Å². The maximum Gasteiger partial charge on any atom is 0.356 e. The second kappa shape index (κ2) is 16.4. The van der Waals surface area contributed by atoms with Gasteiger partial charge in [-0.15, -0.1) is 11.8 Å². The van der Waals surface area contributed by atoms with Crippen LogP contribution in [0, 0.1) is 10.8 Å². The predicted molar refractivity (Wildman–Crippen MR) is 194 cm³/mol. The van der Waals surface area contributed by atoms with E-state index in [1.807, 2.05) is 48.5 Å².